The van der Waals surface area contributed by atoms with Gasteiger partial charge in [0.25, 0.3) is 0 Å². The molecule has 6 nitrogen and oxygen atoms in total. The van der Waals surface area contributed by atoms with Gasteiger partial charge < -0.3 is 25.2 Å². The van der Waals surface area contributed by atoms with Crippen molar-refractivity contribution in [3.05, 3.63) is 59.6 Å². The first-order chi connectivity index (χ1) is 15.5. The van der Waals surface area contributed by atoms with E-state index in [0.717, 1.165) is 56.5 Å². The van der Waals surface area contributed by atoms with Crippen LogP contribution in [-0.4, -0.2) is 68.5 Å². The second kappa shape index (κ2) is 12.4. The molecule has 32 heavy (non-hydrogen) atoms. The van der Waals surface area contributed by atoms with Crippen molar-refractivity contribution in [1.82, 2.24) is 14.8 Å². The van der Waals surface area contributed by atoms with Gasteiger partial charge in [0.15, 0.2) is 0 Å². The number of benzene rings is 1. The summed E-state index contributed by atoms with van der Waals surface area (Å²) in [6.07, 6.45) is 8.59. The normalized spacial score (nSPS) is 20.8. The lowest BCUT2D eigenvalue weighted by Crippen LogP contribution is -2.47. The lowest BCUT2D eigenvalue weighted by Gasteiger charge is -2.36. The highest BCUT2D eigenvalue weighted by molar-refractivity contribution is 9.09. The maximum Gasteiger partial charge on any atom is 0.113 e. The van der Waals surface area contributed by atoms with Gasteiger partial charge in [-0.05, 0) is 56.4 Å². The van der Waals surface area contributed by atoms with Gasteiger partial charge in [0.05, 0.1) is 12.7 Å². The smallest absolute Gasteiger partial charge is 0.113 e. The average molecular weight is 506 g/mol. The Morgan fingerprint density at radius 1 is 1.28 bits per heavy atom. The molecule has 1 aromatic heterocycles. The Balaban J connectivity index is 1.67. The van der Waals surface area contributed by atoms with Crippen molar-refractivity contribution in [2.45, 2.75) is 51.3 Å². The second-order valence-electron chi connectivity index (χ2n) is 8.41. The number of fused-ring (bicyclic) bond motifs is 1. The van der Waals surface area contributed by atoms with Gasteiger partial charge >= 0.3 is 0 Å². The number of aliphatic hydroxyl groups is 3. The molecule has 1 aliphatic rings. The summed E-state index contributed by atoms with van der Waals surface area (Å²) in [5, 5.41) is 35.0. The van der Waals surface area contributed by atoms with Crippen molar-refractivity contribution < 1.29 is 15.3 Å². The van der Waals surface area contributed by atoms with Crippen molar-refractivity contribution in [1.29, 1.82) is 0 Å². The summed E-state index contributed by atoms with van der Waals surface area (Å²) in [5.74, 6) is 0.272. The topological polar surface area (TPSA) is 80.9 Å². The highest BCUT2D eigenvalue weighted by Crippen LogP contribution is 2.24. The molecule has 1 aromatic carbocycles. The summed E-state index contributed by atoms with van der Waals surface area (Å²) < 4.78 is 2.29. The van der Waals surface area contributed by atoms with E-state index in [9.17, 15) is 15.3 Å². The molecule has 7 heteroatoms. The van der Waals surface area contributed by atoms with E-state index in [1.165, 1.54) is 16.5 Å². The summed E-state index contributed by atoms with van der Waals surface area (Å²) >= 11 is 3.48. The standard InChI is InChI=1S/C25H36BrN3O3/c1-2-22(31)15-20(7-10-26)27-11-14-29-17-19(24-5-3-4-6-25(24)29)8-12-28-13-9-23(32)16-21(28)18-30/h2-6,15,17,21,23,27,30-32H,7-14,16,18H2,1H3/b20-15+,22-2+. The number of halogens is 1. The van der Waals surface area contributed by atoms with Gasteiger partial charge in [-0.2, -0.15) is 0 Å². The Hall–Kier alpha value is -1.80. The van der Waals surface area contributed by atoms with Crippen LogP contribution in [0, 0.1) is 0 Å². The third-order valence-electron chi connectivity index (χ3n) is 6.25. The van der Waals surface area contributed by atoms with Crippen molar-refractivity contribution in [3.8, 4) is 0 Å². The zero-order chi connectivity index (χ0) is 22.9. The molecular formula is C25H36BrN3O3. The van der Waals surface area contributed by atoms with E-state index in [0.29, 0.717) is 6.42 Å². The van der Waals surface area contributed by atoms with Crippen LogP contribution >= 0.6 is 15.9 Å². The molecule has 0 saturated carbocycles. The molecule has 0 radical (unpaired) electrons. The SMILES string of the molecule is C/C=C(O)\C=C(/CCBr)NCCn1cc(CCN2CCC(O)CC2CO)c2ccccc21. The Kier molecular flexibility index (Phi) is 9.66. The first-order valence-electron chi connectivity index (χ1n) is 11.5. The number of aliphatic hydroxyl groups excluding tert-OH is 3. The van der Waals surface area contributed by atoms with E-state index < -0.39 is 0 Å². The van der Waals surface area contributed by atoms with E-state index in [2.05, 4.69) is 61.2 Å². The van der Waals surface area contributed by atoms with Crippen LogP contribution < -0.4 is 5.32 Å². The summed E-state index contributed by atoms with van der Waals surface area (Å²) in [6, 6.07) is 8.54. The molecule has 2 aromatic rings. The molecule has 176 valence electrons. The van der Waals surface area contributed by atoms with E-state index in [1.54, 1.807) is 12.2 Å². The molecule has 2 unspecified atom stereocenters. The Bertz CT molecular complexity index is 924. The summed E-state index contributed by atoms with van der Waals surface area (Å²) in [5.41, 5.74) is 3.54. The van der Waals surface area contributed by atoms with E-state index in [1.807, 2.05) is 6.92 Å². The number of nitrogens with one attached hydrogen (secondary N) is 1. The third-order valence-corrected chi connectivity index (χ3v) is 6.64. The van der Waals surface area contributed by atoms with Gasteiger partial charge in [0.1, 0.15) is 5.76 Å². The van der Waals surface area contributed by atoms with Crippen molar-refractivity contribution in [2.24, 2.45) is 0 Å². The highest BCUT2D eigenvalue weighted by Gasteiger charge is 2.26. The second-order valence-corrected chi connectivity index (χ2v) is 9.21. The molecule has 4 N–H and O–H groups in total. The van der Waals surface area contributed by atoms with Crippen molar-refractivity contribution in [3.63, 3.8) is 0 Å². The summed E-state index contributed by atoms with van der Waals surface area (Å²) in [6.45, 7) is 5.22. The first-order valence-corrected chi connectivity index (χ1v) is 12.6. The Morgan fingerprint density at radius 2 is 2.09 bits per heavy atom. The van der Waals surface area contributed by atoms with Crippen LogP contribution in [0.5, 0.6) is 0 Å². The number of likely N-dealkylation sites (tertiary alicyclic amines) is 1. The van der Waals surface area contributed by atoms with Gasteiger partial charge in [-0.1, -0.05) is 34.1 Å². The number of alkyl halides is 1. The molecule has 2 heterocycles. The lowest BCUT2D eigenvalue weighted by atomic mass is 9.99. The quantitative estimate of drug-likeness (QED) is 0.212. The number of piperidine rings is 1. The fourth-order valence-corrected chi connectivity index (χ4v) is 4.87. The largest absolute Gasteiger partial charge is 0.508 e. The molecule has 0 amide bonds. The highest BCUT2D eigenvalue weighted by atomic mass is 79.9. The van der Waals surface area contributed by atoms with E-state index in [-0.39, 0.29) is 24.5 Å². The summed E-state index contributed by atoms with van der Waals surface area (Å²) in [4.78, 5) is 2.31. The minimum atomic E-state index is -0.295. The predicted octanol–water partition coefficient (Wildman–Crippen LogP) is 3.72. The van der Waals surface area contributed by atoms with Crippen LogP contribution in [0.1, 0.15) is 31.7 Å². The molecule has 1 saturated heterocycles. The zero-order valence-corrected chi connectivity index (χ0v) is 20.5. The maximum absolute atomic E-state index is 9.91. The number of aromatic nitrogens is 1. The van der Waals surface area contributed by atoms with Gasteiger partial charge in [-0.25, -0.2) is 0 Å². The summed E-state index contributed by atoms with van der Waals surface area (Å²) in [7, 11) is 0. The monoisotopic (exact) mass is 505 g/mol. The molecule has 1 aliphatic heterocycles. The molecule has 0 bridgehead atoms. The van der Waals surface area contributed by atoms with E-state index >= 15 is 0 Å². The van der Waals surface area contributed by atoms with Gasteiger partial charge in [-0.15, -0.1) is 0 Å². The average Bonchev–Trinajstić information content (AvgIpc) is 3.16. The van der Waals surface area contributed by atoms with Gasteiger partial charge in [0.2, 0.25) is 0 Å². The number of allylic oxidation sites excluding steroid dienone is 3. The fraction of sp³-hybridized carbons (Fsp3) is 0.520. The minimum absolute atomic E-state index is 0.0459. The van der Waals surface area contributed by atoms with Gasteiger partial charge in [-0.3, -0.25) is 4.90 Å². The van der Waals surface area contributed by atoms with Crippen LogP contribution in [-0.2, 0) is 13.0 Å². The van der Waals surface area contributed by atoms with Crippen LogP contribution in [0.25, 0.3) is 10.9 Å². The number of hydrogen-bond donors (Lipinski definition) is 4. The minimum Gasteiger partial charge on any atom is -0.508 e. The fourth-order valence-electron chi connectivity index (χ4n) is 4.45. The Morgan fingerprint density at radius 3 is 2.84 bits per heavy atom. The maximum atomic E-state index is 9.91. The number of para-hydroxylation sites is 1. The van der Waals surface area contributed by atoms with Crippen LogP contribution in [0.15, 0.2) is 54.1 Å². The molecule has 2 atom stereocenters. The van der Waals surface area contributed by atoms with E-state index in [4.69, 9.17) is 0 Å². The number of hydrogen-bond acceptors (Lipinski definition) is 5. The third kappa shape index (κ3) is 6.61. The van der Waals surface area contributed by atoms with Crippen LogP contribution in [0.3, 0.4) is 0 Å². The predicted molar refractivity (Wildman–Crippen MR) is 134 cm³/mol. The van der Waals surface area contributed by atoms with Crippen molar-refractivity contribution >= 4 is 26.8 Å². The number of rotatable bonds is 11. The van der Waals surface area contributed by atoms with Crippen LogP contribution in [0.2, 0.25) is 0 Å². The van der Waals surface area contributed by atoms with Crippen molar-refractivity contribution in [2.75, 3.05) is 31.6 Å². The molecule has 1 fully saturated rings. The first kappa shape index (κ1) is 24.8. The molecule has 3 rings (SSSR count). The lowest BCUT2D eigenvalue weighted by molar-refractivity contribution is 0.0177. The van der Waals surface area contributed by atoms with Gasteiger partial charge in [0, 0.05) is 60.3 Å². The van der Waals surface area contributed by atoms with Crippen LogP contribution in [0.4, 0.5) is 0 Å². The molecule has 0 aliphatic carbocycles. The number of nitrogens with zero attached hydrogens (tertiary/aromatic N) is 2. The Labute approximate surface area is 199 Å². The molecule has 0 spiro atoms. The zero-order valence-electron chi connectivity index (χ0n) is 18.9. The molecular weight excluding hydrogens is 470 g/mol.